The Bertz CT molecular complexity index is 1150. The van der Waals surface area contributed by atoms with E-state index in [0.29, 0.717) is 31.0 Å². The highest BCUT2D eigenvalue weighted by atomic mass is 16.5. The molecule has 4 aromatic rings. The number of carbonyl (C=O) groups is 1. The van der Waals surface area contributed by atoms with Crippen LogP contribution in [0.3, 0.4) is 0 Å². The second-order valence-corrected chi connectivity index (χ2v) is 7.51. The minimum atomic E-state index is -0.0594. The van der Waals surface area contributed by atoms with Crippen LogP contribution in [-0.4, -0.2) is 24.0 Å². The third kappa shape index (κ3) is 5.64. The lowest BCUT2D eigenvalue weighted by molar-refractivity contribution is 0.0954. The van der Waals surface area contributed by atoms with Gasteiger partial charge in [0.25, 0.3) is 5.91 Å². The summed E-state index contributed by atoms with van der Waals surface area (Å²) in [6, 6.07) is 27.1. The van der Waals surface area contributed by atoms with Crippen LogP contribution in [0, 0.1) is 6.92 Å². The van der Waals surface area contributed by atoms with Crippen LogP contribution in [0.25, 0.3) is 11.5 Å². The molecular weight excluding hydrogens is 400 g/mol. The van der Waals surface area contributed by atoms with E-state index in [1.807, 2.05) is 91.9 Å². The Morgan fingerprint density at radius 3 is 2.47 bits per heavy atom. The van der Waals surface area contributed by atoms with Gasteiger partial charge in [-0.3, -0.25) is 4.79 Å². The molecule has 5 nitrogen and oxygen atoms in total. The lowest BCUT2D eigenvalue weighted by Gasteiger charge is -2.09. The molecule has 4 rings (SSSR count). The summed E-state index contributed by atoms with van der Waals surface area (Å²) in [7, 11) is 0. The topological polar surface area (TPSA) is 64.4 Å². The van der Waals surface area contributed by atoms with Crippen molar-refractivity contribution in [3.05, 3.63) is 108 Å². The van der Waals surface area contributed by atoms with Crippen molar-refractivity contribution in [2.24, 2.45) is 0 Å². The van der Waals surface area contributed by atoms with Gasteiger partial charge < -0.3 is 14.5 Å². The van der Waals surface area contributed by atoms with Gasteiger partial charge >= 0.3 is 0 Å². The zero-order valence-corrected chi connectivity index (χ0v) is 18.1. The second kappa shape index (κ2) is 10.4. The SMILES string of the molecule is Cc1oc(-c2ccccc2)nc1CCOc1cccc(CCNC(=O)c2ccccc2)c1. The molecule has 162 valence electrons. The van der Waals surface area contributed by atoms with Crippen LogP contribution < -0.4 is 10.1 Å². The van der Waals surface area contributed by atoms with Crippen LogP contribution in [0.15, 0.2) is 89.3 Å². The van der Waals surface area contributed by atoms with E-state index in [-0.39, 0.29) is 5.91 Å². The van der Waals surface area contributed by atoms with Crippen molar-refractivity contribution in [3.63, 3.8) is 0 Å². The lowest BCUT2D eigenvalue weighted by atomic mass is 10.1. The van der Waals surface area contributed by atoms with E-state index in [1.165, 1.54) is 0 Å². The maximum absolute atomic E-state index is 12.1. The summed E-state index contributed by atoms with van der Waals surface area (Å²) in [6.07, 6.45) is 1.40. The van der Waals surface area contributed by atoms with Gasteiger partial charge in [0.1, 0.15) is 11.5 Å². The van der Waals surface area contributed by atoms with Gasteiger partial charge in [0.15, 0.2) is 0 Å². The van der Waals surface area contributed by atoms with Crippen molar-refractivity contribution in [2.75, 3.05) is 13.2 Å². The molecule has 1 N–H and O–H groups in total. The molecule has 0 saturated heterocycles. The molecule has 1 aromatic heterocycles. The Hall–Kier alpha value is -3.86. The zero-order chi connectivity index (χ0) is 22.2. The Labute approximate surface area is 188 Å². The van der Waals surface area contributed by atoms with Crippen molar-refractivity contribution in [1.82, 2.24) is 10.3 Å². The third-order valence-corrected chi connectivity index (χ3v) is 5.15. The Kier molecular flexibility index (Phi) is 6.98. The minimum Gasteiger partial charge on any atom is -0.493 e. The molecule has 0 spiro atoms. The maximum atomic E-state index is 12.1. The number of nitrogens with zero attached hydrogens (tertiary/aromatic N) is 1. The second-order valence-electron chi connectivity index (χ2n) is 7.51. The number of nitrogens with one attached hydrogen (secondary N) is 1. The number of hydrogen-bond acceptors (Lipinski definition) is 4. The Morgan fingerprint density at radius 1 is 0.938 bits per heavy atom. The fraction of sp³-hybridized carbons (Fsp3) is 0.185. The van der Waals surface area contributed by atoms with Crippen LogP contribution in [0.2, 0.25) is 0 Å². The molecule has 0 aliphatic rings. The molecule has 1 amide bonds. The van der Waals surface area contributed by atoms with E-state index >= 15 is 0 Å². The summed E-state index contributed by atoms with van der Waals surface area (Å²) >= 11 is 0. The highest BCUT2D eigenvalue weighted by Gasteiger charge is 2.11. The predicted molar refractivity (Wildman–Crippen MR) is 125 cm³/mol. The number of aryl methyl sites for hydroxylation is 1. The fourth-order valence-corrected chi connectivity index (χ4v) is 3.43. The molecule has 0 saturated carbocycles. The Balaban J connectivity index is 1.26. The maximum Gasteiger partial charge on any atom is 0.251 e. The number of aromatic nitrogens is 1. The summed E-state index contributed by atoms with van der Waals surface area (Å²) in [5.74, 6) is 2.20. The number of rotatable bonds is 9. The average Bonchev–Trinajstić information content (AvgIpc) is 3.21. The summed E-state index contributed by atoms with van der Waals surface area (Å²) in [6.45, 7) is 3.01. The van der Waals surface area contributed by atoms with Crippen molar-refractivity contribution >= 4 is 5.91 Å². The van der Waals surface area contributed by atoms with Gasteiger partial charge in [0.05, 0.1) is 12.3 Å². The van der Waals surface area contributed by atoms with Crippen molar-refractivity contribution < 1.29 is 13.9 Å². The summed E-state index contributed by atoms with van der Waals surface area (Å²) in [4.78, 5) is 16.8. The molecule has 0 bridgehead atoms. The average molecular weight is 427 g/mol. The van der Waals surface area contributed by atoms with E-state index in [1.54, 1.807) is 0 Å². The number of carbonyl (C=O) groups excluding carboxylic acids is 1. The summed E-state index contributed by atoms with van der Waals surface area (Å²) in [5.41, 5.74) is 3.65. The molecule has 0 radical (unpaired) electrons. The molecule has 0 unspecified atom stereocenters. The van der Waals surface area contributed by atoms with Crippen LogP contribution >= 0.6 is 0 Å². The van der Waals surface area contributed by atoms with Crippen LogP contribution in [0.5, 0.6) is 5.75 Å². The zero-order valence-electron chi connectivity index (χ0n) is 18.1. The Morgan fingerprint density at radius 2 is 1.69 bits per heavy atom. The first kappa shape index (κ1) is 21.4. The molecular formula is C27H26N2O3. The number of amides is 1. The van der Waals surface area contributed by atoms with Crippen molar-refractivity contribution in [1.29, 1.82) is 0 Å². The van der Waals surface area contributed by atoms with Crippen LogP contribution in [0.4, 0.5) is 0 Å². The molecule has 1 heterocycles. The number of oxazole rings is 1. The van der Waals surface area contributed by atoms with E-state index < -0.39 is 0 Å². The monoisotopic (exact) mass is 426 g/mol. The third-order valence-electron chi connectivity index (χ3n) is 5.15. The molecule has 5 heteroatoms. The molecule has 0 aliphatic carbocycles. The largest absolute Gasteiger partial charge is 0.493 e. The first-order valence-corrected chi connectivity index (χ1v) is 10.8. The smallest absolute Gasteiger partial charge is 0.251 e. The van der Waals surface area contributed by atoms with Gasteiger partial charge in [0.2, 0.25) is 5.89 Å². The van der Waals surface area contributed by atoms with Crippen molar-refractivity contribution in [3.8, 4) is 17.2 Å². The molecule has 0 atom stereocenters. The standard InChI is InChI=1S/C27H26N2O3/c1-20-25(29-27(32-20)23-12-6-3-7-13-23)16-18-31-24-14-8-9-21(19-24)15-17-28-26(30)22-10-4-2-5-11-22/h2-14,19H,15-18H2,1H3,(H,28,30). The molecule has 3 aromatic carbocycles. The quantitative estimate of drug-likeness (QED) is 0.397. The lowest BCUT2D eigenvalue weighted by Crippen LogP contribution is -2.25. The summed E-state index contributed by atoms with van der Waals surface area (Å²) < 4.78 is 11.8. The number of benzene rings is 3. The van der Waals surface area contributed by atoms with Gasteiger partial charge in [-0.2, -0.15) is 0 Å². The minimum absolute atomic E-state index is 0.0594. The normalized spacial score (nSPS) is 10.7. The first-order chi connectivity index (χ1) is 15.7. The predicted octanol–water partition coefficient (Wildman–Crippen LogP) is 5.24. The van der Waals surface area contributed by atoms with E-state index in [4.69, 9.17) is 9.15 Å². The van der Waals surface area contributed by atoms with E-state index in [9.17, 15) is 4.79 Å². The van der Waals surface area contributed by atoms with E-state index in [2.05, 4.69) is 10.3 Å². The van der Waals surface area contributed by atoms with Gasteiger partial charge in [-0.25, -0.2) is 4.98 Å². The number of hydrogen-bond donors (Lipinski definition) is 1. The first-order valence-electron chi connectivity index (χ1n) is 10.8. The molecule has 0 fully saturated rings. The van der Waals surface area contributed by atoms with Gasteiger partial charge in [-0.05, 0) is 55.3 Å². The molecule has 0 aliphatic heterocycles. The number of ether oxygens (including phenoxy) is 1. The highest BCUT2D eigenvalue weighted by molar-refractivity contribution is 5.94. The molecule has 32 heavy (non-hydrogen) atoms. The summed E-state index contributed by atoms with van der Waals surface area (Å²) in [5, 5.41) is 2.96. The van der Waals surface area contributed by atoms with Gasteiger partial charge in [-0.1, -0.05) is 48.5 Å². The van der Waals surface area contributed by atoms with Crippen LogP contribution in [-0.2, 0) is 12.8 Å². The van der Waals surface area contributed by atoms with Crippen LogP contribution in [0.1, 0.15) is 27.4 Å². The van der Waals surface area contributed by atoms with Crippen molar-refractivity contribution in [2.45, 2.75) is 19.8 Å². The fourth-order valence-electron chi connectivity index (χ4n) is 3.43. The van der Waals surface area contributed by atoms with E-state index in [0.717, 1.165) is 34.8 Å². The van der Waals surface area contributed by atoms with Gasteiger partial charge in [0, 0.05) is 24.1 Å². The highest BCUT2D eigenvalue weighted by Crippen LogP contribution is 2.22. The van der Waals surface area contributed by atoms with Gasteiger partial charge in [-0.15, -0.1) is 0 Å².